The van der Waals surface area contributed by atoms with Gasteiger partial charge in [0.2, 0.25) is 0 Å². The van der Waals surface area contributed by atoms with Crippen LogP contribution in [-0.4, -0.2) is 28.1 Å². The number of carbonyl (C=O) groups is 1. The zero-order chi connectivity index (χ0) is 30.3. The number of fused-ring (bicyclic) bond motifs is 7. The van der Waals surface area contributed by atoms with Gasteiger partial charge in [-0.15, -0.1) is 0 Å². The maximum atomic E-state index is 14.2. The summed E-state index contributed by atoms with van der Waals surface area (Å²) in [4.78, 5) is 14.2. The molecule has 0 amide bonds. The van der Waals surface area contributed by atoms with E-state index in [4.69, 9.17) is 4.74 Å². The third-order valence-electron chi connectivity index (χ3n) is 14.1. The van der Waals surface area contributed by atoms with Crippen molar-refractivity contribution < 1.29 is 19.8 Å². The zero-order valence-electron chi connectivity index (χ0n) is 27.0. The van der Waals surface area contributed by atoms with Crippen LogP contribution in [0.4, 0.5) is 0 Å². The average Bonchev–Trinajstić information content (AvgIpc) is 2.94. The highest BCUT2D eigenvalue weighted by Crippen LogP contribution is 2.75. The first-order valence-electron chi connectivity index (χ1n) is 16.5. The van der Waals surface area contributed by atoms with E-state index in [9.17, 15) is 15.1 Å². The second-order valence-corrected chi connectivity index (χ2v) is 16.9. The Labute approximate surface area is 253 Å². The van der Waals surface area contributed by atoms with Crippen LogP contribution in [0, 0.1) is 50.2 Å². The van der Waals surface area contributed by atoms with E-state index in [-0.39, 0.29) is 39.0 Å². The van der Waals surface area contributed by atoms with Gasteiger partial charge in [0.15, 0.2) is 0 Å². The van der Waals surface area contributed by atoms with Crippen LogP contribution in [0.2, 0.25) is 0 Å². The fourth-order valence-corrected chi connectivity index (χ4v) is 11.5. The molecule has 5 aliphatic rings. The quantitative estimate of drug-likeness (QED) is 0.164. The van der Waals surface area contributed by atoms with Crippen LogP contribution in [0.3, 0.4) is 0 Å². The highest BCUT2D eigenvalue weighted by atomic mass is 16.5. The number of aliphatic hydroxyl groups is 1. The molecule has 1 aromatic rings. The average molecular weight is 576 g/mol. The summed E-state index contributed by atoms with van der Waals surface area (Å²) in [5.74, 6) is 0.969. The Morgan fingerprint density at radius 3 is 2.33 bits per heavy atom. The Balaban J connectivity index is 1.38. The molecule has 0 aromatic heterocycles. The maximum Gasteiger partial charge on any atom is 0.313 e. The largest absolute Gasteiger partial charge is 0.460 e. The Hall–Kier alpha value is -2.14. The first kappa shape index (κ1) is 29.9. The van der Waals surface area contributed by atoms with Crippen molar-refractivity contribution in [2.45, 2.75) is 119 Å². The molecule has 4 saturated carbocycles. The third-order valence-corrected chi connectivity index (χ3v) is 14.1. The highest BCUT2D eigenvalue weighted by Gasteiger charge is 2.70. The van der Waals surface area contributed by atoms with Gasteiger partial charge in [-0.3, -0.25) is 4.79 Å². The monoisotopic (exact) mass is 575 g/mol. The Bertz CT molecular complexity index is 1300. The van der Waals surface area contributed by atoms with E-state index < -0.39 is 11.5 Å². The second kappa shape index (κ2) is 9.68. The van der Waals surface area contributed by atoms with Gasteiger partial charge in [0.25, 0.3) is 0 Å². The van der Waals surface area contributed by atoms with Crippen molar-refractivity contribution in [1.29, 1.82) is 0 Å². The van der Waals surface area contributed by atoms with Gasteiger partial charge in [0.1, 0.15) is 12.7 Å². The maximum absolute atomic E-state index is 14.2. The van der Waals surface area contributed by atoms with E-state index in [0.29, 0.717) is 30.6 Å². The topological polar surface area (TPSA) is 79.1 Å². The molecule has 0 aliphatic heterocycles. The normalized spacial score (nSPS) is 44.6. The van der Waals surface area contributed by atoms with Gasteiger partial charge < -0.3 is 15.1 Å². The zero-order valence-corrected chi connectivity index (χ0v) is 27.0. The predicted molar refractivity (Wildman–Crippen MR) is 166 cm³/mol. The number of hydrogen-bond acceptors (Lipinski definition) is 5. The van der Waals surface area contributed by atoms with Crippen LogP contribution in [0.5, 0.6) is 0 Å². The molecular formula is C37H53NO4. The molecule has 42 heavy (non-hydrogen) atoms. The van der Waals surface area contributed by atoms with E-state index in [1.54, 1.807) is 0 Å². The SMILES string of the molecule is CC1(C)CC[C@]2(C(=O)OCc3ccccc3)CC[C@]3(C)C(=CCC4[C@@]5(C)C/C(=N\O)[C@H](O)C(C)(C)C5CC[C@]43C)[C@@H]2C1. The van der Waals surface area contributed by atoms with Crippen molar-refractivity contribution in [3.8, 4) is 0 Å². The van der Waals surface area contributed by atoms with Crippen LogP contribution >= 0.6 is 0 Å². The minimum absolute atomic E-state index is 0.00423. The number of benzene rings is 1. The molecule has 2 unspecified atom stereocenters. The van der Waals surface area contributed by atoms with Crippen LogP contribution in [0.1, 0.15) is 112 Å². The lowest BCUT2D eigenvalue weighted by atomic mass is 9.33. The molecule has 1 aromatic carbocycles. The molecule has 4 fully saturated rings. The number of oxime groups is 1. The number of aliphatic hydroxyl groups excluding tert-OH is 1. The number of rotatable bonds is 3. The van der Waals surface area contributed by atoms with Crippen molar-refractivity contribution in [3.63, 3.8) is 0 Å². The summed E-state index contributed by atoms with van der Waals surface area (Å²) in [6.07, 6.45) is 10.5. The molecule has 0 radical (unpaired) electrons. The second-order valence-electron chi connectivity index (χ2n) is 16.9. The third kappa shape index (κ3) is 4.04. The van der Waals surface area contributed by atoms with E-state index in [0.717, 1.165) is 56.9 Å². The van der Waals surface area contributed by atoms with Crippen molar-refractivity contribution >= 4 is 11.7 Å². The van der Waals surface area contributed by atoms with Crippen molar-refractivity contribution in [1.82, 2.24) is 0 Å². The van der Waals surface area contributed by atoms with Crippen molar-refractivity contribution in [2.24, 2.45) is 55.4 Å². The molecule has 0 heterocycles. The number of esters is 1. The molecule has 5 nitrogen and oxygen atoms in total. The molecule has 6 rings (SSSR count). The summed E-state index contributed by atoms with van der Waals surface area (Å²) in [7, 11) is 0. The fourth-order valence-electron chi connectivity index (χ4n) is 11.5. The fraction of sp³-hybridized carbons (Fsp3) is 0.730. The molecule has 0 bridgehead atoms. The van der Waals surface area contributed by atoms with Gasteiger partial charge in [-0.05, 0) is 108 Å². The van der Waals surface area contributed by atoms with E-state index in [1.165, 1.54) is 5.57 Å². The number of ether oxygens (including phenoxy) is 1. The minimum atomic E-state index is -0.711. The molecule has 0 saturated heterocycles. The summed E-state index contributed by atoms with van der Waals surface area (Å²) in [6, 6.07) is 10.1. The van der Waals surface area contributed by atoms with E-state index in [1.807, 2.05) is 30.3 Å². The summed E-state index contributed by atoms with van der Waals surface area (Å²) in [5.41, 5.74) is 2.46. The molecule has 8 atom stereocenters. The lowest BCUT2D eigenvalue weighted by Gasteiger charge is -2.71. The van der Waals surface area contributed by atoms with Gasteiger partial charge in [0, 0.05) is 0 Å². The lowest BCUT2D eigenvalue weighted by molar-refractivity contribution is -0.190. The van der Waals surface area contributed by atoms with Crippen LogP contribution < -0.4 is 0 Å². The first-order valence-corrected chi connectivity index (χ1v) is 16.5. The van der Waals surface area contributed by atoms with Gasteiger partial charge in [-0.1, -0.05) is 95.6 Å². The van der Waals surface area contributed by atoms with E-state index >= 15 is 0 Å². The van der Waals surface area contributed by atoms with Crippen LogP contribution in [0.15, 0.2) is 47.1 Å². The number of carbonyl (C=O) groups excluding carboxylic acids is 1. The summed E-state index contributed by atoms with van der Waals surface area (Å²) >= 11 is 0. The summed E-state index contributed by atoms with van der Waals surface area (Å²) < 4.78 is 6.16. The smallest absolute Gasteiger partial charge is 0.313 e. The van der Waals surface area contributed by atoms with Gasteiger partial charge in [0.05, 0.1) is 11.1 Å². The summed E-state index contributed by atoms with van der Waals surface area (Å²) in [5, 5.41) is 24.8. The number of nitrogens with zero attached hydrogens (tertiary/aromatic N) is 1. The molecule has 2 N–H and O–H groups in total. The van der Waals surface area contributed by atoms with E-state index in [2.05, 4.69) is 59.7 Å². The molecule has 0 spiro atoms. The van der Waals surface area contributed by atoms with Gasteiger partial charge in [-0.25, -0.2) is 0 Å². The van der Waals surface area contributed by atoms with Gasteiger partial charge in [-0.2, -0.15) is 0 Å². The molecular weight excluding hydrogens is 522 g/mol. The Kier molecular flexibility index (Phi) is 6.89. The first-order chi connectivity index (χ1) is 19.6. The molecule has 5 heteroatoms. The number of allylic oxidation sites excluding steroid dienone is 2. The molecule has 5 aliphatic carbocycles. The standard InChI is InChI=1S/C37H53NO4/c1-32(2)17-19-37(31(40)42-23-24-11-9-8-10-12-24)20-18-35(6)25(26(37)21-32)13-14-29-34(5)22-27(38-41)30(39)33(3,4)28(34)15-16-36(29,35)7/h8-13,26,28-30,39,41H,14-23H2,1-7H3/b38-27+/t26-,28?,29?,30-,34-,35+,36+,37-/m0/s1. The highest BCUT2D eigenvalue weighted by molar-refractivity contribution is 5.90. The van der Waals surface area contributed by atoms with Crippen LogP contribution in [0.25, 0.3) is 0 Å². The van der Waals surface area contributed by atoms with Crippen molar-refractivity contribution in [2.75, 3.05) is 0 Å². The van der Waals surface area contributed by atoms with Crippen molar-refractivity contribution in [3.05, 3.63) is 47.5 Å². The lowest BCUT2D eigenvalue weighted by Crippen LogP contribution is -2.66. The Morgan fingerprint density at radius 1 is 0.952 bits per heavy atom. The van der Waals surface area contributed by atoms with Gasteiger partial charge >= 0.3 is 5.97 Å². The van der Waals surface area contributed by atoms with Crippen LogP contribution in [-0.2, 0) is 16.1 Å². The Morgan fingerprint density at radius 2 is 1.64 bits per heavy atom. The number of hydrogen-bond donors (Lipinski definition) is 2. The molecule has 230 valence electrons. The predicted octanol–water partition coefficient (Wildman–Crippen LogP) is 8.33. The minimum Gasteiger partial charge on any atom is -0.460 e. The summed E-state index contributed by atoms with van der Waals surface area (Å²) in [6.45, 7) is 16.9.